The number of nitrogens with one attached hydrogen (secondary N) is 1. The Morgan fingerprint density at radius 3 is 2.55 bits per heavy atom. The molecule has 1 saturated heterocycles. The van der Waals surface area contributed by atoms with E-state index in [4.69, 9.17) is 0 Å². The second kappa shape index (κ2) is 6.52. The van der Waals surface area contributed by atoms with Gasteiger partial charge in [-0.05, 0) is 25.0 Å². The van der Waals surface area contributed by atoms with Crippen LogP contribution in [0.1, 0.15) is 36.0 Å². The third-order valence-electron chi connectivity index (χ3n) is 4.20. The quantitative estimate of drug-likeness (QED) is 0.929. The third-order valence-corrected chi connectivity index (χ3v) is 5.03. The zero-order valence-corrected chi connectivity index (χ0v) is 13.0. The highest BCUT2D eigenvalue weighted by Crippen LogP contribution is 2.30. The van der Waals surface area contributed by atoms with Gasteiger partial charge in [-0.15, -0.1) is 0 Å². The fourth-order valence-corrected chi connectivity index (χ4v) is 3.88. The predicted molar refractivity (Wildman–Crippen MR) is 84.7 cm³/mol. The molecule has 1 N–H and O–H groups in total. The van der Waals surface area contributed by atoms with Crippen LogP contribution >= 0.6 is 11.8 Å². The van der Waals surface area contributed by atoms with Crippen molar-refractivity contribution in [1.29, 1.82) is 0 Å². The smallest absolute Gasteiger partial charge is 0.289 e. The van der Waals surface area contributed by atoms with Gasteiger partial charge in [-0.1, -0.05) is 42.8 Å². The summed E-state index contributed by atoms with van der Waals surface area (Å²) in [4.78, 5) is 37.6. The highest BCUT2D eigenvalue weighted by Gasteiger charge is 2.41. The van der Waals surface area contributed by atoms with Crippen LogP contribution in [0.4, 0.5) is 4.79 Å². The fourth-order valence-electron chi connectivity index (χ4n) is 3.11. The largest absolute Gasteiger partial charge is 0.347 e. The summed E-state index contributed by atoms with van der Waals surface area (Å²) >= 11 is 1.05. The van der Waals surface area contributed by atoms with Crippen molar-refractivity contribution < 1.29 is 14.4 Å². The normalized spacial score (nSPS) is 25.4. The number of thioether (sulfide) groups is 1. The summed E-state index contributed by atoms with van der Waals surface area (Å²) in [7, 11) is 0. The molecular weight excluding hydrogens is 300 g/mol. The number of amides is 3. The van der Waals surface area contributed by atoms with Gasteiger partial charge in [-0.3, -0.25) is 19.3 Å². The van der Waals surface area contributed by atoms with E-state index in [9.17, 15) is 14.4 Å². The van der Waals surface area contributed by atoms with E-state index in [-0.39, 0.29) is 34.9 Å². The van der Waals surface area contributed by atoms with Crippen LogP contribution in [0.15, 0.2) is 30.3 Å². The van der Waals surface area contributed by atoms with E-state index < -0.39 is 0 Å². The molecule has 5 nitrogen and oxygen atoms in total. The van der Waals surface area contributed by atoms with Crippen LogP contribution in [-0.2, 0) is 4.79 Å². The van der Waals surface area contributed by atoms with Crippen molar-refractivity contribution in [2.45, 2.75) is 37.8 Å². The van der Waals surface area contributed by atoms with Crippen molar-refractivity contribution in [1.82, 2.24) is 10.2 Å². The summed E-state index contributed by atoms with van der Waals surface area (Å²) in [5, 5.41) is 2.82. The van der Waals surface area contributed by atoms with Crippen LogP contribution < -0.4 is 5.32 Å². The molecule has 1 aromatic rings. The lowest BCUT2D eigenvalue weighted by Crippen LogP contribution is -2.54. The molecule has 116 valence electrons. The van der Waals surface area contributed by atoms with E-state index in [2.05, 4.69) is 5.32 Å². The number of imide groups is 1. The highest BCUT2D eigenvalue weighted by molar-refractivity contribution is 8.14. The minimum absolute atomic E-state index is 0.138. The molecule has 1 aliphatic heterocycles. The predicted octanol–water partition coefficient (Wildman–Crippen LogP) is 2.42. The van der Waals surface area contributed by atoms with Gasteiger partial charge in [-0.25, -0.2) is 0 Å². The van der Waals surface area contributed by atoms with Crippen LogP contribution in [-0.4, -0.2) is 39.8 Å². The van der Waals surface area contributed by atoms with Gasteiger partial charge in [0.05, 0.1) is 17.8 Å². The Labute approximate surface area is 133 Å². The lowest BCUT2D eigenvalue weighted by atomic mass is 9.89. The van der Waals surface area contributed by atoms with E-state index in [1.165, 1.54) is 4.90 Å². The van der Waals surface area contributed by atoms with Crippen LogP contribution in [0, 0.1) is 0 Å². The molecule has 1 heterocycles. The number of hydrogen-bond donors (Lipinski definition) is 1. The first kappa shape index (κ1) is 15.1. The molecule has 2 aliphatic rings. The van der Waals surface area contributed by atoms with Crippen LogP contribution in [0.2, 0.25) is 0 Å². The van der Waals surface area contributed by atoms with E-state index in [1.54, 1.807) is 12.1 Å². The summed E-state index contributed by atoms with van der Waals surface area (Å²) in [6.07, 6.45) is 3.53. The Balaban J connectivity index is 1.74. The van der Waals surface area contributed by atoms with Gasteiger partial charge in [0.25, 0.3) is 11.1 Å². The molecule has 3 amide bonds. The second-order valence-corrected chi connectivity index (χ2v) is 6.54. The van der Waals surface area contributed by atoms with Crippen molar-refractivity contribution in [3.05, 3.63) is 35.9 Å². The van der Waals surface area contributed by atoms with Gasteiger partial charge in [0.1, 0.15) is 0 Å². The van der Waals surface area contributed by atoms with Crippen LogP contribution in [0.3, 0.4) is 0 Å². The summed E-state index contributed by atoms with van der Waals surface area (Å²) < 4.78 is 0. The molecule has 0 spiro atoms. The molecule has 3 rings (SSSR count). The fraction of sp³-hybridized carbons (Fsp3) is 0.438. The topological polar surface area (TPSA) is 66.5 Å². The average molecular weight is 318 g/mol. The number of carbonyl (C=O) groups excluding carboxylic acids is 3. The van der Waals surface area contributed by atoms with Crippen LogP contribution in [0.5, 0.6) is 0 Å². The number of carbonyl (C=O) groups is 3. The minimum atomic E-state index is -0.212. The molecule has 2 atom stereocenters. The lowest BCUT2D eigenvalue weighted by Gasteiger charge is -2.36. The first-order valence-corrected chi connectivity index (χ1v) is 8.50. The molecule has 0 unspecified atom stereocenters. The maximum absolute atomic E-state index is 12.3. The monoisotopic (exact) mass is 318 g/mol. The Morgan fingerprint density at radius 1 is 1.14 bits per heavy atom. The van der Waals surface area contributed by atoms with E-state index >= 15 is 0 Å². The minimum Gasteiger partial charge on any atom is -0.347 e. The second-order valence-electron chi connectivity index (χ2n) is 5.62. The molecule has 0 bridgehead atoms. The van der Waals surface area contributed by atoms with Crippen LogP contribution in [0.25, 0.3) is 0 Å². The molecule has 0 aromatic heterocycles. The summed E-state index contributed by atoms with van der Waals surface area (Å²) in [6, 6.07) is 8.64. The summed E-state index contributed by atoms with van der Waals surface area (Å²) in [5.41, 5.74) is 0.597. The molecular formula is C16H18N2O3S. The number of nitrogens with zero attached hydrogens (tertiary/aromatic N) is 1. The lowest BCUT2D eigenvalue weighted by molar-refractivity contribution is -0.127. The first-order chi connectivity index (χ1) is 10.7. The third kappa shape index (κ3) is 3.02. The summed E-state index contributed by atoms with van der Waals surface area (Å²) in [6.45, 7) is 0. The van der Waals surface area contributed by atoms with Crippen molar-refractivity contribution in [3.63, 3.8) is 0 Å². The number of hydrogen-bond acceptors (Lipinski definition) is 4. The SMILES string of the molecule is O=C(N[C@H]1CCCC[C@H]1N1C(=O)CSC1=O)c1ccccc1. The van der Waals surface area contributed by atoms with E-state index in [0.717, 1.165) is 37.4 Å². The zero-order valence-electron chi connectivity index (χ0n) is 12.2. The highest BCUT2D eigenvalue weighted by atomic mass is 32.2. The molecule has 0 radical (unpaired) electrons. The standard InChI is InChI=1S/C16H18N2O3S/c19-14-10-22-16(21)18(14)13-9-5-4-8-12(13)17-15(20)11-6-2-1-3-7-11/h1-3,6-7,12-13H,4-5,8-10H2,(H,17,20)/t12-,13+/m0/s1. The van der Waals surface area contributed by atoms with Gasteiger partial charge in [-0.2, -0.15) is 0 Å². The van der Waals surface area contributed by atoms with Gasteiger partial charge >= 0.3 is 0 Å². The number of rotatable bonds is 3. The van der Waals surface area contributed by atoms with Gasteiger partial charge in [0, 0.05) is 5.56 Å². The number of benzene rings is 1. The average Bonchev–Trinajstić information content (AvgIpc) is 2.88. The van der Waals surface area contributed by atoms with Gasteiger partial charge in [0.2, 0.25) is 5.91 Å². The summed E-state index contributed by atoms with van der Waals surface area (Å²) in [5.74, 6) is -0.0700. The molecule has 1 aliphatic carbocycles. The Hall–Kier alpha value is -1.82. The Kier molecular flexibility index (Phi) is 4.47. The molecule has 22 heavy (non-hydrogen) atoms. The molecule has 1 saturated carbocycles. The first-order valence-electron chi connectivity index (χ1n) is 7.51. The van der Waals surface area contributed by atoms with Crippen molar-refractivity contribution in [3.8, 4) is 0 Å². The van der Waals surface area contributed by atoms with E-state index in [0.29, 0.717) is 5.56 Å². The molecule has 6 heteroatoms. The van der Waals surface area contributed by atoms with Gasteiger partial charge in [0.15, 0.2) is 0 Å². The van der Waals surface area contributed by atoms with Crippen molar-refractivity contribution in [2.75, 3.05) is 5.75 Å². The molecule has 2 fully saturated rings. The van der Waals surface area contributed by atoms with Crippen molar-refractivity contribution in [2.24, 2.45) is 0 Å². The maximum Gasteiger partial charge on any atom is 0.289 e. The van der Waals surface area contributed by atoms with Crippen molar-refractivity contribution >= 4 is 28.8 Å². The van der Waals surface area contributed by atoms with Gasteiger partial charge < -0.3 is 5.32 Å². The Morgan fingerprint density at radius 2 is 1.86 bits per heavy atom. The zero-order chi connectivity index (χ0) is 15.5. The maximum atomic E-state index is 12.3. The Bertz CT molecular complexity index is 574. The van der Waals surface area contributed by atoms with E-state index in [1.807, 2.05) is 18.2 Å². The molecule has 1 aromatic carbocycles.